The summed E-state index contributed by atoms with van der Waals surface area (Å²) < 4.78 is 16.2. The minimum atomic E-state index is -0.0702. The molecule has 0 aromatic heterocycles. The molecule has 1 atom stereocenters. The fourth-order valence-electron chi connectivity index (χ4n) is 3.88. The van der Waals surface area contributed by atoms with Gasteiger partial charge in [-0.2, -0.15) is 0 Å². The van der Waals surface area contributed by atoms with Crippen LogP contribution in [0, 0.1) is 0 Å². The molecule has 3 rings (SSSR count). The zero-order valence-electron chi connectivity index (χ0n) is 18.9. The molecular formula is C24H33N3O4. The summed E-state index contributed by atoms with van der Waals surface area (Å²) in [6, 6.07) is 13.7. The van der Waals surface area contributed by atoms with Crippen molar-refractivity contribution in [3.05, 3.63) is 53.6 Å². The number of piperazine rings is 1. The molecule has 0 bridgehead atoms. The van der Waals surface area contributed by atoms with E-state index in [1.165, 1.54) is 0 Å². The first kappa shape index (κ1) is 22.9. The van der Waals surface area contributed by atoms with E-state index in [1.54, 1.807) is 21.3 Å². The predicted octanol–water partition coefficient (Wildman–Crippen LogP) is 2.36. The molecule has 0 radical (unpaired) electrons. The number of benzene rings is 2. The standard InChI is InChI=1S/C24H33N3O4/c1-26-10-12-27(13-11-26)17-20(19-8-6-5-7-9-19)25-23(28)16-18-14-21(29-2)24(31-4)22(15-18)30-3/h5-9,14-15,20H,10-13,16-17H2,1-4H3,(H,25,28). The molecule has 0 aliphatic carbocycles. The Labute approximate surface area is 184 Å². The highest BCUT2D eigenvalue weighted by Crippen LogP contribution is 2.38. The number of amides is 1. The van der Waals surface area contributed by atoms with Crippen molar-refractivity contribution in [2.75, 3.05) is 61.1 Å². The van der Waals surface area contributed by atoms with Gasteiger partial charge in [-0.3, -0.25) is 9.69 Å². The van der Waals surface area contributed by atoms with E-state index in [9.17, 15) is 4.79 Å². The summed E-state index contributed by atoms with van der Waals surface area (Å²) in [6.45, 7) is 4.88. The fourth-order valence-corrected chi connectivity index (χ4v) is 3.88. The lowest BCUT2D eigenvalue weighted by Crippen LogP contribution is -2.48. The Morgan fingerprint density at radius 2 is 1.58 bits per heavy atom. The zero-order valence-corrected chi connectivity index (χ0v) is 18.9. The van der Waals surface area contributed by atoms with E-state index in [-0.39, 0.29) is 18.4 Å². The van der Waals surface area contributed by atoms with Gasteiger partial charge in [-0.25, -0.2) is 0 Å². The molecule has 1 heterocycles. The molecule has 1 fully saturated rings. The maximum Gasteiger partial charge on any atom is 0.224 e. The van der Waals surface area contributed by atoms with Crippen molar-refractivity contribution in [2.24, 2.45) is 0 Å². The van der Waals surface area contributed by atoms with Gasteiger partial charge in [-0.1, -0.05) is 30.3 Å². The maximum absolute atomic E-state index is 13.0. The Balaban J connectivity index is 1.73. The molecule has 7 nitrogen and oxygen atoms in total. The molecule has 0 spiro atoms. The van der Waals surface area contributed by atoms with Crippen molar-refractivity contribution >= 4 is 5.91 Å². The molecular weight excluding hydrogens is 394 g/mol. The smallest absolute Gasteiger partial charge is 0.224 e. The highest BCUT2D eigenvalue weighted by molar-refractivity contribution is 5.79. The molecule has 1 amide bonds. The van der Waals surface area contributed by atoms with Gasteiger partial charge in [0.1, 0.15) is 0 Å². The van der Waals surface area contributed by atoms with Crippen molar-refractivity contribution in [1.29, 1.82) is 0 Å². The van der Waals surface area contributed by atoms with Crippen LogP contribution in [-0.2, 0) is 11.2 Å². The fraction of sp³-hybridized carbons (Fsp3) is 0.458. The molecule has 1 saturated heterocycles. The highest BCUT2D eigenvalue weighted by atomic mass is 16.5. The van der Waals surface area contributed by atoms with Gasteiger partial charge in [-0.05, 0) is 30.3 Å². The van der Waals surface area contributed by atoms with Gasteiger partial charge >= 0.3 is 0 Å². The van der Waals surface area contributed by atoms with Crippen LogP contribution in [0.5, 0.6) is 17.2 Å². The van der Waals surface area contributed by atoms with Crippen molar-refractivity contribution in [3.63, 3.8) is 0 Å². The summed E-state index contributed by atoms with van der Waals surface area (Å²) in [5.74, 6) is 1.56. The van der Waals surface area contributed by atoms with Crippen LogP contribution in [0.3, 0.4) is 0 Å². The summed E-state index contributed by atoms with van der Waals surface area (Å²) >= 11 is 0. The van der Waals surface area contributed by atoms with Crippen molar-refractivity contribution in [3.8, 4) is 17.2 Å². The number of methoxy groups -OCH3 is 3. The van der Waals surface area contributed by atoms with Crippen molar-refractivity contribution in [1.82, 2.24) is 15.1 Å². The van der Waals surface area contributed by atoms with E-state index in [2.05, 4.69) is 34.3 Å². The summed E-state index contributed by atoms with van der Waals surface area (Å²) in [6.07, 6.45) is 0.225. The molecule has 7 heteroatoms. The van der Waals surface area contributed by atoms with E-state index >= 15 is 0 Å². The van der Waals surface area contributed by atoms with E-state index in [0.717, 1.165) is 43.9 Å². The number of ether oxygens (including phenoxy) is 3. The van der Waals surface area contributed by atoms with Gasteiger partial charge < -0.3 is 24.4 Å². The van der Waals surface area contributed by atoms with Gasteiger partial charge in [0, 0.05) is 32.7 Å². The van der Waals surface area contributed by atoms with E-state index in [1.807, 2.05) is 30.3 Å². The lowest BCUT2D eigenvalue weighted by molar-refractivity contribution is -0.121. The number of carbonyl (C=O) groups is 1. The van der Waals surface area contributed by atoms with Crippen molar-refractivity contribution < 1.29 is 19.0 Å². The number of hydrogen-bond acceptors (Lipinski definition) is 6. The van der Waals surface area contributed by atoms with Gasteiger partial charge in [0.05, 0.1) is 33.8 Å². The van der Waals surface area contributed by atoms with Gasteiger partial charge in [0.25, 0.3) is 0 Å². The van der Waals surface area contributed by atoms with Crippen LogP contribution in [0.15, 0.2) is 42.5 Å². The Morgan fingerprint density at radius 1 is 0.968 bits per heavy atom. The van der Waals surface area contributed by atoms with Gasteiger partial charge in [0.2, 0.25) is 11.7 Å². The number of likely N-dealkylation sites (N-methyl/N-ethyl adjacent to an activating group) is 1. The lowest BCUT2D eigenvalue weighted by Gasteiger charge is -2.35. The normalized spacial score (nSPS) is 15.9. The number of hydrogen-bond donors (Lipinski definition) is 1. The van der Waals surface area contributed by atoms with Gasteiger partial charge in [-0.15, -0.1) is 0 Å². The van der Waals surface area contributed by atoms with Crippen LogP contribution in [0.4, 0.5) is 0 Å². The average molecular weight is 428 g/mol. The molecule has 0 saturated carbocycles. The van der Waals surface area contributed by atoms with Crippen LogP contribution in [0.25, 0.3) is 0 Å². The molecule has 1 N–H and O–H groups in total. The first-order valence-electron chi connectivity index (χ1n) is 10.6. The third kappa shape index (κ3) is 6.12. The van der Waals surface area contributed by atoms with Crippen LogP contribution >= 0.6 is 0 Å². The van der Waals surface area contributed by atoms with Crippen LogP contribution in [0.1, 0.15) is 17.2 Å². The lowest BCUT2D eigenvalue weighted by atomic mass is 10.0. The second-order valence-electron chi connectivity index (χ2n) is 7.85. The van der Waals surface area contributed by atoms with E-state index < -0.39 is 0 Å². The topological polar surface area (TPSA) is 63.3 Å². The SMILES string of the molecule is COc1cc(CC(=O)NC(CN2CCN(C)CC2)c2ccccc2)cc(OC)c1OC. The average Bonchev–Trinajstić information content (AvgIpc) is 2.79. The maximum atomic E-state index is 13.0. The summed E-state index contributed by atoms with van der Waals surface area (Å²) in [5, 5.41) is 3.24. The molecule has 2 aromatic carbocycles. The zero-order chi connectivity index (χ0) is 22.2. The van der Waals surface area contributed by atoms with Crippen LogP contribution in [0.2, 0.25) is 0 Å². The Morgan fingerprint density at radius 3 is 2.13 bits per heavy atom. The molecule has 1 aliphatic rings. The summed E-state index contributed by atoms with van der Waals surface area (Å²) in [5.41, 5.74) is 1.91. The number of carbonyl (C=O) groups excluding carboxylic acids is 1. The first-order valence-corrected chi connectivity index (χ1v) is 10.6. The second kappa shape index (κ2) is 11.0. The van der Waals surface area contributed by atoms with Crippen LogP contribution in [-0.4, -0.2) is 76.8 Å². The predicted molar refractivity (Wildman–Crippen MR) is 121 cm³/mol. The minimum absolute atomic E-state index is 0.0442. The number of nitrogens with one attached hydrogen (secondary N) is 1. The Bertz CT molecular complexity index is 826. The minimum Gasteiger partial charge on any atom is -0.493 e. The molecule has 1 unspecified atom stereocenters. The number of rotatable bonds is 9. The monoisotopic (exact) mass is 427 g/mol. The molecule has 168 valence electrons. The third-order valence-electron chi connectivity index (χ3n) is 5.66. The third-order valence-corrected chi connectivity index (χ3v) is 5.66. The quantitative estimate of drug-likeness (QED) is 0.663. The van der Waals surface area contributed by atoms with Crippen molar-refractivity contribution in [2.45, 2.75) is 12.5 Å². The Kier molecular flexibility index (Phi) is 8.14. The van der Waals surface area contributed by atoms with E-state index in [0.29, 0.717) is 17.2 Å². The largest absolute Gasteiger partial charge is 0.493 e. The highest BCUT2D eigenvalue weighted by Gasteiger charge is 2.22. The molecule has 1 aliphatic heterocycles. The Hall–Kier alpha value is -2.77. The van der Waals surface area contributed by atoms with Crippen LogP contribution < -0.4 is 19.5 Å². The van der Waals surface area contributed by atoms with Gasteiger partial charge in [0.15, 0.2) is 11.5 Å². The first-order chi connectivity index (χ1) is 15.0. The second-order valence-corrected chi connectivity index (χ2v) is 7.85. The molecule has 2 aromatic rings. The number of nitrogens with zero attached hydrogens (tertiary/aromatic N) is 2. The summed E-state index contributed by atoms with van der Waals surface area (Å²) in [7, 11) is 6.85. The summed E-state index contributed by atoms with van der Waals surface area (Å²) in [4.78, 5) is 17.7. The van der Waals surface area contributed by atoms with E-state index in [4.69, 9.17) is 14.2 Å². The molecule has 31 heavy (non-hydrogen) atoms.